The number of benzene rings is 1. The van der Waals surface area contributed by atoms with Crippen molar-refractivity contribution in [2.75, 3.05) is 13.2 Å². The highest BCUT2D eigenvalue weighted by molar-refractivity contribution is 5.87. The molecule has 1 N–H and O–H groups in total. The van der Waals surface area contributed by atoms with Crippen molar-refractivity contribution in [3.05, 3.63) is 41.6 Å². The van der Waals surface area contributed by atoms with Crippen molar-refractivity contribution in [3.63, 3.8) is 0 Å². The van der Waals surface area contributed by atoms with Gasteiger partial charge in [-0.3, -0.25) is 4.68 Å². The molecule has 5 heteroatoms. The van der Waals surface area contributed by atoms with Crippen molar-refractivity contribution >= 4 is 5.97 Å². The molecule has 1 saturated heterocycles. The van der Waals surface area contributed by atoms with Crippen LogP contribution < -0.4 is 0 Å². The van der Waals surface area contributed by atoms with Gasteiger partial charge in [-0.1, -0.05) is 24.3 Å². The van der Waals surface area contributed by atoms with Crippen LogP contribution in [-0.2, 0) is 11.8 Å². The number of carboxylic acid groups (broad SMARTS) is 1. The second-order valence-electron chi connectivity index (χ2n) is 4.67. The molecular formula is C14H14N2O3. The van der Waals surface area contributed by atoms with Crippen molar-refractivity contribution in [2.24, 2.45) is 7.05 Å². The molecule has 98 valence electrons. The second kappa shape index (κ2) is 4.51. The summed E-state index contributed by atoms with van der Waals surface area (Å²) >= 11 is 0. The zero-order chi connectivity index (χ0) is 13.4. The third-order valence-electron chi connectivity index (χ3n) is 3.41. The minimum absolute atomic E-state index is 0.0668. The SMILES string of the molecule is Cn1nc(C(=O)O)cc1-c1ccccc1C1COC1. The van der Waals surface area contributed by atoms with E-state index in [0.717, 1.165) is 24.5 Å². The molecule has 0 radical (unpaired) electrons. The molecule has 1 aromatic heterocycles. The molecule has 5 nitrogen and oxygen atoms in total. The zero-order valence-corrected chi connectivity index (χ0v) is 10.5. The lowest BCUT2D eigenvalue weighted by atomic mass is 9.91. The van der Waals surface area contributed by atoms with Crippen LogP contribution in [0.15, 0.2) is 30.3 Å². The van der Waals surface area contributed by atoms with E-state index in [1.54, 1.807) is 17.8 Å². The van der Waals surface area contributed by atoms with Crippen LogP contribution in [0, 0.1) is 0 Å². The van der Waals surface area contributed by atoms with Crippen LogP contribution in [0.3, 0.4) is 0 Å². The zero-order valence-electron chi connectivity index (χ0n) is 10.5. The summed E-state index contributed by atoms with van der Waals surface area (Å²) in [6.45, 7) is 1.45. The third kappa shape index (κ3) is 2.02. The van der Waals surface area contributed by atoms with E-state index in [9.17, 15) is 4.79 Å². The maximum Gasteiger partial charge on any atom is 0.356 e. The minimum atomic E-state index is -1.01. The Morgan fingerprint density at radius 3 is 2.74 bits per heavy atom. The summed E-state index contributed by atoms with van der Waals surface area (Å²) in [6, 6.07) is 9.62. The van der Waals surface area contributed by atoms with Crippen molar-refractivity contribution in [2.45, 2.75) is 5.92 Å². The average Bonchev–Trinajstić information content (AvgIpc) is 2.70. The van der Waals surface area contributed by atoms with E-state index in [1.807, 2.05) is 18.2 Å². The van der Waals surface area contributed by atoms with Crippen LogP contribution in [-0.4, -0.2) is 34.1 Å². The minimum Gasteiger partial charge on any atom is -0.476 e. The summed E-state index contributed by atoms with van der Waals surface area (Å²) in [5, 5.41) is 13.0. The highest BCUT2D eigenvalue weighted by Gasteiger charge is 2.24. The quantitative estimate of drug-likeness (QED) is 0.913. The first-order valence-electron chi connectivity index (χ1n) is 6.11. The van der Waals surface area contributed by atoms with Crippen molar-refractivity contribution in [3.8, 4) is 11.3 Å². The molecule has 1 aromatic carbocycles. The van der Waals surface area contributed by atoms with E-state index in [0.29, 0.717) is 5.92 Å². The van der Waals surface area contributed by atoms with Gasteiger partial charge in [0.25, 0.3) is 0 Å². The predicted molar refractivity (Wildman–Crippen MR) is 69.2 cm³/mol. The lowest BCUT2D eigenvalue weighted by Gasteiger charge is -2.28. The largest absolute Gasteiger partial charge is 0.476 e. The van der Waals surface area contributed by atoms with Gasteiger partial charge in [0.2, 0.25) is 0 Å². The molecule has 19 heavy (non-hydrogen) atoms. The van der Waals surface area contributed by atoms with E-state index in [1.165, 1.54) is 5.56 Å². The highest BCUT2D eigenvalue weighted by Crippen LogP contribution is 2.33. The van der Waals surface area contributed by atoms with E-state index in [4.69, 9.17) is 9.84 Å². The highest BCUT2D eigenvalue weighted by atomic mass is 16.5. The molecule has 0 spiro atoms. The maximum absolute atomic E-state index is 11.0. The molecule has 0 bridgehead atoms. The molecule has 3 rings (SSSR count). The normalized spacial score (nSPS) is 15.2. The van der Waals surface area contributed by atoms with Crippen LogP contribution in [0.4, 0.5) is 0 Å². The molecule has 2 heterocycles. The van der Waals surface area contributed by atoms with Gasteiger partial charge in [-0.15, -0.1) is 0 Å². The Bertz CT molecular complexity index is 629. The number of aryl methyl sites for hydroxylation is 1. The average molecular weight is 258 g/mol. The standard InChI is InChI=1S/C14H14N2O3/c1-16-13(6-12(15-16)14(17)18)11-5-3-2-4-10(11)9-7-19-8-9/h2-6,9H,7-8H2,1H3,(H,17,18). The van der Waals surface area contributed by atoms with Crippen LogP contribution in [0.5, 0.6) is 0 Å². The van der Waals surface area contributed by atoms with E-state index in [2.05, 4.69) is 11.2 Å². The Morgan fingerprint density at radius 1 is 1.42 bits per heavy atom. The molecule has 1 aliphatic rings. The summed E-state index contributed by atoms with van der Waals surface area (Å²) in [5.74, 6) is -0.620. The molecule has 0 atom stereocenters. The first-order chi connectivity index (χ1) is 9.16. The fourth-order valence-electron chi connectivity index (χ4n) is 2.33. The fraction of sp³-hybridized carbons (Fsp3) is 0.286. The Kier molecular flexibility index (Phi) is 2.83. The number of hydrogen-bond acceptors (Lipinski definition) is 3. The number of aromatic nitrogens is 2. The van der Waals surface area contributed by atoms with Crippen LogP contribution in [0.25, 0.3) is 11.3 Å². The Balaban J connectivity index is 2.08. The molecule has 1 fully saturated rings. The lowest BCUT2D eigenvalue weighted by Crippen LogP contribution is -2.25. The Labute approximate surface area is 110 Å². The summed E-state index contributed by atoms with van der Waals surface area (Å²) < 4.78 is 6.85. The smallest absolute Gasteiger partial charge is 0.356 e. The van der Waals surface area contributed by atoms with E-state index in [-0.39, 0.29) is 5.69 Å². The van der Waals surface area contributed by atoms with Gasteiger partial charge in [0.1, 0.15) is 0 Å². The number of carboxylic acids is 1. The van der Waals surface area contributed by atoms with Crippen LogP contribution in [0.1, 0.15) is 22.0 Å². The molecule has 1 aliphatic heterocycles. The van der Waals surface area contributed by atoms with Gasteiger partial charge in [0.15, 0.2) is 5.69 Å². The van der Waals surface area contributed by atoms with Crippen molar-refractivity contribution in [1.29, 1.82) is 0 Å². The monoisotopic (exact) mass is 258 g/mol. The van der Waals surface area contributed by atoms with Gasteiger partial charge in [0.05, 0.1) is 18.9 Å². The first kappa shape index (κ1) is 11.9. The molecule has 0 unspecified atom stereocenters. The van der Waals surface area contributed by atoms with Gasteiger partial charge in [-0.25, -0.2) is 4.79 Å². The predicted octanol–water partition coefficient (Wildman–Crippen LogP) is 1.90. The molecule has 2 aromatic rings. The molecular weight excluding hydrogens is 244 g/mol. The van der Waals surface area contributed by atoms with Gasteiger partial charge < -0.3 is 9.84 Å². The summed E-state index contributed by atoms with van der Waals surface area (Å²) in [4.78, 5) is 11.0. The fourth-order valence-corrected chi connectivity index (χ4v) is 2.33. The summed E-state index contributed by atoms with van der Waals surface area (Å²) in [5.41, 5.74) is 3.10. The summed E-state index contributed by atoms with van der Waals surface area (Å²) in [6.07, 6.45) is 0. The number of carbonyl (C=O) groups is 1. The molecule has 0 aliphatic carbocycles. The number of rotatable bonds is 3. The first-order valence-corrected chi connectivity index (χ1v) is 6.11. The third-order valence-corrected chi connectivity index (χ3v) is 3.41. The second-order valence-corrected chi connectivity index (χ2v) is 4.67. The molecule has 0 amide bonds. The number of hydrogen-bond donors (Lipinski definition) is 1. The van der Waals surface area contributed by atoms with Gasteiger partial charge in [-0.2, -0.15) is 5.10 Å². The number of nitrogens with zero attached hydrogens (tertiary/aromatic N) is 2. The van der Waals surface area contributed by atoms with Gasteiger partial charge >= 0.3 is 5.97 Å². The summed E-state index contributed by atoms with van der Waals surface area (Å²) in [7, 11) is 1.76. The van der Waals surface area contributed by atoms with Crippen molar-refractivity contribution < 1.29 is 14.6 Å². The lowest BCUT2D eigenvalue weighted by molar-refractivity contribution is 0.00862. The Hall–Kier alpha value is -2.14. The maximum atomic E-state index is 11.0. The van der Waals surface area contributed by atoms with Crippen LogP contribution in [0.2, 0.25) is 0 Å². The number of ether oxygens (including phenoxy) is 1. The van der Waals surface area contributed by atoms with Gasteiger partial charge in [-0.05, 0) is 11.6 Å². The van der Waals surface area contributed by atoms with Crippen molar-refractivity contribution in [1.82, 2.24) is 9.78 Å². The molecule has 0 saturated carbocycles. The van der Waals surface area contributed by atoms with E-state index >= 15 is 0 Å². The van der Waals surface area contributed by atoms with Crippen LogP contribution >= 0.6 is 0 Å². The van der Waals surface area contributed by atoms with Gasteiger partial charge in [0, 0.05) is 18.5 Å². The number of aromatic carboxylic acids is 1. The Morgan fingerprint density at radius 2 is 2.16 bits per heavy atom. The van der Waals surface area contributed by atoms with E-state index < -0.39 is 5.97 Å². The topological polar surface area (TPSA) is 64.4 Å².